The third kappa shape index (κ3) is 4.00. The van der Waals surface area contributed by atoms with Gasteiger partial charge in [-0.25, -0.2) is 9.97 Å². The smallest absolute Gasteiger partial charge is 0.232 e. The maximum Gasteiger partial charge on any atom is 0.232 e. The van der Waals surface area contributed by atoms with Crippen LogP contribution in [0.2, 0.25) is 0 Å². The molecule has 1 rings (SSSR count). The van der Waals surface area contributed by atoms with Crippen molar-refractivity contribution >= 4 is 12.0 Å². The lowest BCUT2D eigenvalue weighted by atomic mass is 10.3. The van der Waals surface area contributed by atoms with Crippen LogP contribution in [0, 0.1) is 11.3 Å². The van der Waals surface area contributed by atoms with E-state index >= 15 is 0 Å². The summed E-state index contributed by atoms with van der Waals surface area (Å²) in [4.78, 5) is 18.1. The van der Waals surface area contributed by atoms with E-state index < -0.39 is 0 Å². The molecular weight excluding hydrogens is 192 g/mol. The Balaban J connectivity index is 2.50. The van der Waals surface area contributed by atoms with Gasteiger partial charge in [0, 0.05) is 31.4 Å². The highest BCUT2D eigenvalue weighted by Crippen LogP contribution is 1.97. The Morgan fingerprint density at radius 2 is 2.27 bits per heavy atom. The van der Waals surface area contributed by atoms with Crippen LogP contribution in [-0.2, 0) is 4.79 Å². The van der Waals surface area contributed by atoms with E-state index in [2.05, 4.69) is 15.3 Å². The molecule has 0 atom stereocenters. The lowest BCUT2D eigenvalue weighted by Crippen LogP contribution is -2.19. The minimum Gasteiger partial charge on any atom is -0.353 e. The Bertz CT molecular complexity index is 402. The number of hydrogen-bond donors (Lipinski definition) is 1. The van der Waals surface area contributed by atoms with Crippen molar-refractivity contribution in [2.75, 3.05) is 6.54 Å². The third-order valence-electron chi connectivity index (χ3n) is 1.55. The van der Waals surface area contributed by atoms with Crippen molar-refractivity contribution in [1.82, 2.24) is 15.3 Å². The number of nitriles is 1. The van der Waals surface area contributed by atoms with Gasteiger partial charge in [-0.3, -0.25) is 4.79 Å². The predicted octanol–water partition coefficient (Wildman–Crippen LogP) is 0.498. The summed E-state index contributed by atoms with van der Waals surface area (Å²) in [5.41, 5.74) is 0.791. The molecule has 5 heteroatoms. The summed E-state index contributed by atoms with van der Waals surface area (Å²) < 4.78 is 0. The molecule has 76 valence electrons. The second kappa shape index (κ2) is 5.50. The summed E-state index contributed by atoms with van der Waals surface area (Å²) in [6, 6.07) is 1.83. The maximum absolute atomic E-state index is 10.5. The molecule has 0 spiro atoms. The summed E-state index contributed by atoms with van der Waals surface area (Å²) in [6.07, 6.45) is 6.66. The molecule has 0 radical (unpaired) electrons. The molecule has 0 fully saturated rings. The molecule has 0 aliphatic carbocycles. The van der Waals surface area contributed by atoms with Gasteiger partial charge in [-0.05, 0) is 0 Å². The molecule has 5 nitrogen and oxygen atoms in total. The second-order valence-corrected chi connectivity index (χ2v) is 2.79. The molecule has 1 aromatic heterocycles. The standard InChI is InChI=1S/C10H10N4O/c1-8(15)12-4-2-3-9-6-13-10(5-11)14-7-9/h2-3,6-7H,4H2,1H3,(H,12,15). The van der Waals surface area contributed by atoms with Crippen molar-refractivity contribution in [3.05, 3.63) is 29.9 Å². The van der Waals surface area contributed by atoms with Crippen LogP contribution in [0.3, 0.4) is 0 Å². The topological polar surface area (TPSA) is 78.7 Å². The highest BCUT2D eigenvalue weighted by Gasteiger charge is 1.92. The van der Waals surface area contributed by atoms with E-state index in [0.29, 0.717) is 6.54 Å². The summed E-state index contributed by atoms with van der Waals surface area (Å²) in [6.45, 7) is 1.92. The summed E-state index contributed by atoms with van der Waals surface area (Å²) in [7, 11) is 0. The molecule has 15 heavy (non-hydrogen) atoms. The zero-order valence-electron chi connectivity index (χ0n) is 8.27. The fourth-order valence-corrected chi connectivity index (χ4v) is 0.879. The highest BCUT2D eigenvalue weighted by atomic mass is 16.1. The molecule has 0 unspecified atom stereocenters. The van der Waals surface area contributed by atoms with Gasteiger partial charge in [-0.15, -0.1) is 0 Å². The van der Waals surface area contributed by atoms with Crippen LogP contribution in [0.15, 0.2) is 18.5 Å². The van der Waals surface area contributed by atoms with Crippen molar-refractivity contribution in [2.45, 2.75) is 6.92 Å². The Kier molecular flexibility index (Phi) is 3.98. The summed E-state index contributed by atoms with van der Waals surface area (Å²) in [5.74, 6) is 0.0738. The largest absolute Gasteiger partial charge is 0.353 e. The maximum atomic E-state index is 10.5. The van der Waals surface area contributed by atoms with E-state index in [9.17, 15) is 4.79 Å². The normalized spacial score (nSPS) is 9.87. The Morgan fingerprint density at radius 3 is 2.80 bits per heavy atom. The minimum atomic E-state index is -0.0734. The van der Waals surface area contributed by atoms with Gasteiger partial charge in [0.1, 0.15) is 6.07 Å². The van der Waals surface area contributed by atoms with Gasteiger partial charge in [0.05, 0.1) is 0 Å². The molecule has 1 aromatic rings. The van der Waals surface area contributed by atoms with E-state index in [-0.39, 0.29) is 11.7 Å². The molecule has 0 aliphatic rings. The molecule has 0 bridgehead atoms. The molecule has 1 heterocycles. The number of rotatable bonds is 3. The summed E-state index contributed by atoms with van der Waals surface area (Å²) >= 11 is 0. The van der Waals surface area contributed by atoms with Crippen LogP contribution in [0.5, 0.6) is 0 Å². The number of nitrogens with one attached hydrogen (secondary N) is 1. The van der Waals surface area contributed by atoms with Crippen LogP contribution in [0.25, 0.3) is 6.08 Å². The number of carbonyl (C=O) groups excluding carboxylic acids is 1. The first-order valence-electron chi connectivity index (χ1n) is 4.35. The number of nitrogens with zero attached hydrogens (tertiary/aromatic N) is 3. The van der Waals surface area contributed by atoms with Crippen LogP contribution in [0.4, 0.5) is 0 Å². The van der Waals surface area contributed by atoms with Crippen molar-refractivity contribution in [2.24, 2.45) is 0 Å². The lowest BCUT2D eigenvalue weighted by molar-refractivity contribution is -0.118. The van der Waals surface area contributed by atoms with E-state index in [1.165, 1.54) is 6.92 Å². The molecule has 0 saturated carbocycles. The van der Waals surface area contributed by atoms with Gasteiger partial charge < -0.3 is 5.32 Å². The van der Waals surface area contributed by atoms with Crippen LogP contribution in [-0.4, -0.2) is 22.4 Å². The summed E-state index contributed by atoms with van der Waals surface area (Å²) in [5, 5.41) is 11.1. The van der Waals surface area contributed by atoms with Gasteiger partial charge in [0.25, 0.3) is 0 Å². The lowest BCUT2D eigenvalue weighted by Gasteiger charge is -1.94. The number of hydrogen-bond acceptors (Lipinski definition) is 4. The molecule has 0 aliphatic heterocycles. The fourth-order valence-electron chi connectivity index (χ4n) is 0.879. The fraction of sp³-hybridized carbons (Fsp3) is 0.200. The van der Waals surface area contributed by atoms with Gasteiger partial charge in [-0.2, -0.15) is 5.26 Å². The monoisotopic (exact) mass is 202 g/mol. The van der Waals surface area contributed by atoms with Crippen LogP contribution in [0.1, 0.15) is 18.3 Å². The highest BCUT2D eigenvalue weighted by molar-refractivity contribution is 5.73. The molecule has 0 saturated heterocycles. The van der Waals surface area contributed by atoms with Gasteiger partial charge in [-0.1, -0.05) is 12.2 Å². The van der Waals surface area contributed by atoms with Gasteiger partial charge in [0.15, 0.2) is 0 Å². The van der Waals surface area contributed by atoms with Gasteiger partial charge in [0.2, 0.25) is 11.7 Å². The molecular formula is C10H10N4O. The van der Waals surface area contributed by atoms with Crippen molar-refractivity contribution in [3.8, 4) is 6.07 Å². The minimum absolute atomic E-state index is 0.0734. The Morgan fingerprint density at radius 1 is 1.60 bits per heavy atom. The van der Waals surface area contributed by atoms with Crippen molar-refractivity contribution < 1.29 is 4.79 Å². The first-order chi connectivity index (χ1) is 7.22. The number of amides is 1. The van der Waals surface area contributed by atoms with Crippen molar-refractivity contribution in [1.29, 1.82) is 5.26 Å². The van der Waals surface area contributed by atoms with E-state index in [1.54, 1.807) is 24.5 Å². The third-order valence-corrected chi connectivity index (χ3v) is 1.55. The van der Waals surface area contributed by atoms with Crippen LogP contribution < -0.4 is 5.32 Å². The second-order valence-electron chi connectivity index (χ2n) is 2.79. The van der Waals surface area contributed by atoms with Crippen LogP contribution >= 0.6 is 0 Å². The Labute approximate surface area is 87.5 Å². The van der Waals surface area contributed by atoms with Gasteiger partial charge >= 0.3 is 0 Å². The molecule has 1 N–H and O–H groups in total. The first kappa shape index (κ1) is 10.9. The van der Waals surface area contributed by atoms with E-state index in [4.69, 9.17) is 5.26 Å². The van der Waals surface area contributed by atoms with Crippen molar-refractivity contribution in [3.63, 3.8) is 0 Å². The van der Waals surface area contributed by atoms with E-state index in [1.807, 2.05) is 6.07 Å². The molecule has 1 amide bonds. The van der Waals surface area contributed by atoms with E-state index in [0.717, 1.165) is 5.56 Å². The zero-order valence-corrected chi connectivity index (χ0v) is 8.27. The first-order valence-corrected chi connectivity index (χ1v) is 4.35. The Hall–Kier alpha value is -2.22. The average Bonchev–Trinajstić information content (AvgIpc) is 2.25. The average molecular weight is 202 g/mol. The number of carbonyl (C=O) groups is 1. The number of aromatic nitrogens is 2. The zero-order chi connectivity index (χ0) is 11.1. The predicted molar refractivity (Wildman–Crippen MR) is 54.5 cm³/mol. The SMILES string of the molecule is CC(=O)NCC=Cc1cnc(C#N)nc1. The molecule has 0 aromatic carbocycles. The quantitative estimate of drug-likeness (QED) is 0.774.